The Kier molecular flexibility index (Phi) is 4.67. The Morgan fingerprint density at radius 3 is 2.50 bits per heavy atom. The van der Waals surface area contributed by atoms with E-state index in [2.05, 4.69) is 70.9 Å². The van der Waals surface area contributed by atoms with Crippen LogP contribution in [0.15, 0.2) is 60.7 Å². The fraction of sp³-hybridized carbons (Fsp3) is 0.273. The van der Waals surface area contributed by atoms with Crippen LogP contribution in [0.2, 0.25) is 0 Å². The van der Waals surface area contributed by atoms with Crippen LogP contribution in [0.5, 0.6) is 0 Å². The average molecular weight is 347 g/mol. The molecule has 0 spiro atoms. The molecule has 0 radical (unpaired) electrons. The molecule has 0 atom stereocenters. The molecule has 0 bridgehead atoms. The van der Waals surface area contributed by atoms with Gasteiger partial charge in [-0.2, -0.15) is 0 Å². The molecule has 3 aromatic carbocycles. The van der Waals surface area contributed by atoms with Crippen molar-refractivity contribution in [1.82, 2.24) is 0 Å². The molecule has 0 unspecified atom stereocenters. The monoisotopic (exact) mass is 347 g/mol. The molecule has 4 nitrogen and oxygen atoms in total. The molecule has 0 amide bonds. The number of fused-ring (bicyclic) bond motifs is 1. The van der Waals surface area contributed by atoms with Crippen LogP contribution in [-0.2, 0) is 6.54 Å². The summed E-state index contributed by atoms with van der Waals surface area (Å²) in [5, 5.41) is 17.3. The van der Waals surface area contributed by atoms with Gasteiger partial charge in [0.2, 0.25) is 0 Å². The molecular weight excluding hydrogens is 322 g/mol. The molecule has 0 saturated carbocycles. The number of benzene rings is 3. The quantitative estimate of drug-likeness (QED) is 0.645. The van der Waals surface area contributed by atoms with Crippen molar-refractivity contribution in [3.05, 3.63) is 66.2 Å². The summed E-state index contributed by atoms with van der Waals surface area (Å²) < 4.78 is 0. The maximum Gasteiger partial charge on any atom is 0.0867 e. The summed E-state index contributed by atoms with van der Waals surface area (Å²) in [6.07, 6.45) is 2.44. The number of hydroxylamine groups is 1. The summed E-state index contributed by atoms with van der Waals surface area (Å²) in [7, 11) is 1.69. The van der Waals surface area contributed by atoms with Gasteiger partial charge in [0.1, 0.15) is 0 Å². The molecule has 1 fully saturated rings. The minimum absolute atomic E-state index is 0.722. The predicted octanol–water partition coefficient (Wildman–Crippen LogP) is 4.88. The first-order chi connectivity index (χ1) is 12.7. The lowest BCUT2D eigenvalue weighted by Crippen LogP contribution is -2.22. The van der Waals surface area contributed by atoms with E-state index in [9.17, 15) is 5.21 Å². The Morgan fingerprint density at radius 1 is 0.962 bits per heavy atom. The third-order valence-electron chi connectivity index (χ3n) is 5.08. The van der Waals surface area contributed by atoms with Crippen LogP contribution in [-0.4, -0.2) is 25.3 Å². The van der Waals surface area contributed by atoms with Crippen molar-refractivity contribution < 1.29 is 5.21 Å². The lowest BCUT2D eigenvalue weighted by Gasteiger charge is -2.25. The van der Waals surface area contributed by atoms with Crippen molar-refractivity contribution in [1.29, 1.82) is 0 Å². The molecule has 0 aliphatic carbocycles. The first-order valence-corrected chi connectivity index (χ1v) is 9.24. The molecule has 26 heavy (non-hydrogen) atoms. The fourth-order valence-electron chi connectivity index (χ4n) is 3.67. The van der Waals surface area contributed by atoms with E-state index in [-0.39, 0.29) is 0 Å². The predicted molar refractivity (Wildman–Crippen MR) is 109 cm³/mol. The van der Waals surface area contributed by atoms with Crippen LogP contribution in [0.25, 0.3) is 10.8 Å². The summed E-state index contributed by atoms with van der Waals surface area (Å²) in [5.74, 6) is 0. The van der Waals surface area contributed by atoms with E-state index in [0.717, 1.165) is 42.3 Å². The SMILES string of the molecule is CN(O)c1cc(CNc2ccc3ccccc3c2)ccc1N1CCCC1. The molecule has 1 heterocycles. The second kappa shape index (κ2) is 7.26. The summed E-state index contributed by atoms with van der Waals surface area (Å²) in [4.78, 5) is 2.35. The Morgan fingerprint density at radius 2 is 1.73 bits per heavy atom. The zero-order valence-electron chi connectivity index (χ0n) is 15.2. The zero-order valence-corrected chi connectivity index (χ0v) is 15.2. The van der Waals surface area contributed by atoms with Gasteiger partial charge in [-0.1, -0.05) is 36.4 Å². The molecule has 134 valence electrons. The lowest BCUT2D eigenvalue weighted by molar-refractivity contribution is 0.279. The third-order valence-corrected chi connectivity index (χ3v) is 5.08. The highest BCUT2D eigenvalue weighted by Crippen LogP contribution is 2.32. The number of rotatable bonds is 5. The first kappa shape index (κ1) is 16.7. The van der Waals surface area contributed by atoms with E-state index in [1.807, 2.05) is 0 Å². The number of hydrogen-bond donors (Lipinski definition) is 2. The fourth-order valence-corrected chi connectivity index (χ4v) is 3.67. The van der Waals surface area contributed by atoms with E-state index in [1.165, 1.54) is 28.7 Å². The van der Waals surface area contributed by atoms with Crippen LogP contribution in [0.1, 0.15) is 18.4 Å². The second-order valence-electron chi connectivity index (χ2n) is 6.96. The van der Waals surface area contributed by atoms with Gasteiger partial charge < -0.3 is 10.2 Å². The van der Waals surface area contributed by atoms with Gasteiger partial charge in [0.05, 0.1) is 11.4 Å². The number of hydrogen-bond acceptors (Lipinski definition) is 4. The molecule has 2 N–H and O–H groups in total. The molecule has 1 aliphatic rings. The van der Waals surface area contributed by atoms with E-state index in [4.69, 9.17) is 0 Å². The summed E-state index contributed by atoms with van der Waals surface area (Å²) in [6.45, 7) is 2.85. The van der Waals surface area contributed by atoms with E-state index >= 15 is 0 Å². The zero-order chi connectivity index (χ0) is 17.9. The number of nitrogens with zero attached hydrogens (tertiary/aromatic N) is 2. The van der Waals surface area contributed by atoms with Crippen LogP contribution >= 0.6 is 0 Å². The minimum Gasteiger partial charge on any atom is -0.381 e. The topological polar surface area (TPSA) is 38.7 Å². The summed E-state index contributed by atoms with van der Waals surface area (Å²) in [6, 6.07) is 21.1. The smallest absolute Gasteiger partial charge is 0.0867 e. The molecule has 3 aromatic rings. The molecule has 4 rings (SSSR count). The van der Waals surface area contributed by atoms with Crippen LogP contribution < -0.4 is 15.3 Å². The van der Waals surface area contributed by atoms with Gasteiger partial charge >= 0.3 is 0 Å². The van der Waals surface area contributed by atoms with E-state index in [1.54, 1.807) is 7.05 Å². The largest absolute Gasteiger partial charge is 0.381 e. The highest BCUT2D eigenvalue weighted by atomic mass is 16.5. The molecule has 4 heteroatoms. The van der Waals surface area contributed by atoms with Crippen LogP contribution in [0, 0.1) is 0 Å². The third kappa shape index (κ3) is 3.46. The Bertz CT molecular complexity index is 901. The highest BCUT2D eigenvalue weighted by Gasteiger charge is 2.17. The maximum atomic E-state index is 10.1. The molecule has 1 aliphatic heterocycles. The summed E-state index contributed by atoms with van der Waals surface area (Å²) in [5.41, 5.74) is 4.23. The first-order valence-electron chi connectivity index (χ1n) is 9.24. The average Bonchev–Trinajstić information content (AvgIpc) is 3.20. The van der Waals surface area contributed by atoms with Crippen LogP contribution in [0.4, 0.5) is 17.1 Å². The van der Waals surface area contributed by atoms with Crippen LogP contribution in [0.3, 0.4) is 0 Å². The lowest BCUT2D eigenvalue weighted by atomic mass is 10.1. The van der Waals surface area contributed by atoms with Gasteiger partial charge in [-0.3, -0.25) is 10.3 Å². The Balaban J connectivity index is 1.52. The van der Waals surface area contributed by atoms with E-state index < -0.39 is 0 Å². The Hall–Kier alpha value is -2.72. The molecule has 0 aromatic heterocycles. The maximum absolute atomic E-state index is 10.1. The minimum atomic E-state index is 0.722. The van der Waals surface area contributed by atoms with Gasteiger partial charge in [-0.05, 0) is 53.4 Å². The van der Waals surface area contributed by atoms with E-state index in [0.29, 0.717) is 0 Å². The molecule has 1 saturated heterocycles. The van der Waals surface area contributed by atoms with Gasteiger partial charge in [-0.25, -0.2) is 0 Å². The number of nitrogens with one attached hydrogen (secondary N) is 1. The number of anilines is 3. The van der Waals surface area contributed by atoms with Gasteiger partial charge in [0.15, 0.2) is 0 Å². The van der Waals surface area contributed by atoms with Gasteiger partial charge in [-0.15, -0.1) is 0 Å². The van der Waals surface area contributed by atoms with Crippen molar-refractivity contribution in [3.63, 3.8) is 0 Å². The summed E-state index contributed by atoms with van der Waals surface area (Å²) >= 11 is 0. The Labute approximate surface area is 154 Å². The highest BCUT2D eigenvalue weighted by molar-refractivity contribution is 5.85. The van der Waals surface area contributed by atoms with Crippen molar-refractivity contribution in [2.75, 3.05) is 35.4 Å². The van der Waals surface area contributed by atoms with Crippen molar-refractivity contribution in [2.45, 2.75) is 19.4 Å². The standard InChI is InChI=1S/C22H25N3O/c1-24(26)22-14-17(8-11-21(22)25-12-4-5-13-25)16-23-20-10-9-18-6-2-3-7-19(18)15-20/h2-3,6-11,14-15,23,26H,4-5,12-13,16H2,1H3. The normalized spacial score (nSPS) is 14.0. The van der Waals surface area contributed by atoms with Gasteiger partial charge in [0, 0.05) is 32.4 Å². The molecular formula is C22H25N3O. The van der Waals surface area contributed by atoms with Crippen molar-refractivity contribution in [3.8, 4) is 0 Å². The van der Waals surface area contributed by atoms with Gasteiger partial charge in [0.25, 0.3) is 0 Å². The second-order valence-corrected chi connectivity index (χ2v) is 6.96. The van der Waals surface area contributed by atoms with Crippen molar-refractivity contribution in [2.24, 2.45) is 0 Å². The van der Waals surface area contributed by atoms with Crippen molar-refractivity contribution >= 4 is 27.8 Å².